The minimum absolute atomic E-state index is 0.0696. The van der Waals surface area contributed by atoms with Gasteiger partial charge in [-0.1, -0.05) is 59.3 Å². The van der Waals surface area contributed by atoms with Crippen molar-refractivity contribution in [1.29, 1.82) is 0 Å². The number of hydrogen-bond acceptors (Lipinski definition) is 5. The van der Waals surface area contributed by atoms with Crippen LogP contribution in [-0.2, 0) is 0 Å². The fourth-order valence-corrected chi connectivity index (χ4v) is 3.49. The number of carbonyl (C=O) groups is 1. The second kappa shape index (κ2) is 7.19. The van der Waals surface area contributed by atoms with Gasteiger partial charge in [-0.2, -0.15) is 4.68 Å². The first kappa shape index (κ1) is 17.4. The summed E-state index contributed by atoms with van der Waals surface area (Å²) in [5.74, 6) is 0.0696. The van der Waals surface area contributed by atoms with E-state index in [0.717, 1.165) is 16.8 Å². The zero-order chi connectivity index (χ0) is 18.0. The number of tetrazole rings is 1. The lowest BCUT2D eigenvalue weighted by atomic mass is 10.1. The van der Waals surface area contributed by atoms with Crippen molar-refractivity contribution in [3.05, 3.63) is 64.7 Å². The normalized spacial score (nSPS) is 12.2. The van der Waals surface area contributed by atoms with Gasteiger partial charge in [0.25, 0.3) is 0 Å². The van der Waals surface area contributed by atoms with Gasteiger partial charge in [0.2, 0.25) is 5.16 Å². The van der Waals surface area contributed by atoms with Crippen molar-refractivity contribution in [3.63, 3.8) is 0 Å². The van der Waals surface area contributed by atoms with Gasteiger partial charge >= 0.3 is 0 Å². The highest BCUT2D eigenvalue weighted by Crippen LogP contribution is 2.26. The van der Waals surface area contributed by atoms with Gasteiger partial charge in [0.1, 0.15) is 0 Å². The van der Waals surface area contributed by atoms with Crippen molar-refractivity contribution in [1.82, 2.24) is 20.2 Å². The Labute approximate surface area is 151 Å². The van der Waals surface area contributed by atoms with Crippen LogP contribution in [0.4, 0.5) is 0 Å². The highest BCUT2D eigenvalue weighted by Gasteiger charge is 2.21. The molecule has 0 aliphatic rings. The van der Waals surface area contributed by atoms with E-state index in [1.807, 2.05) is 64.1 Å². The lowest BCUT2D eigenvalue weighted by Crippen LogP contribution is -2.15. The molecular formula is C19H20N4OS. The molecule has 0 saturated heterocycles. The summed E-state index contributed by atoms with van der Waals surface area (Å²) in [7, 11) is 0. The lowest BCUT2D eigenvalue weighted by Gasteiger charge is -2.12. The van der Waals surface area contributed by atoms with Crippen LogP contribution in [0.3, 0.4) is 0 Å². The molecule has 0 spiro atoms. The van der Waals surface area contributed by atoms with Crippen molar-refractivity contribution >= 4 is 17.5 Å². The summed E-state index contributed by atoms with van der Waals surface area (Å²) < 4.78 is 1.69. The van der Waals surface area contributed by atoms with E-state index in [9.17, 15) is 4.79 Å². The van der Waals surface area contributed by atoms with E-state index in [4.69, 9.17) is 0 Å². The Morgan fingerprint density at radius 3 is 2.40 bits per heavy atom. The number of hydrogen-bond donors (Lipinski definition) is 0. The number of Topliss-reactive ketones (excluding diaryl/α,β-unsaturated/α-hetero) is 1. The molecule has 3 aromatic rings. The number of thioether (sulfide) groups is 1. The molecule has 0 aliphatic carbocycles. The summed E-state index contributed by atoms with van der Waals surface area (Å²) >= 11 is 1.37. The molecule has 1 heterocycles. The van der Waals surface area contributed by atoms with Gasteiger partial charge in [-0.3, -0.25) is 4.79 Å². The number of carbonyl (C=O) groups excluding carboxylic acids is 1. The third kappa shape index (κ3) is 3.79. The molecule has 25 heavy (non-hydrogen) atoms. The number of benzene rings is 2. The van der Waals surface area contributed by atoms with Crippen LogP contribution in [0.15, 0.2) is 47.6 Å². The molecule has 0 saturated carbocycles. The van der Waals surface area contributed by atoms with Crippen molar-refractivity contribution < 1.29 is 4.79 Å². The fourth-order valence-electron chi connectivity index (χ4n) is 2.61. The average Bonchev–Trinajstić information content (AvgIpc) is 3.02. The molecule has 128 valence electrons. The van der Waals surface area contributed by atoms with Gasteiger partial charge in [0, 0.05) is 5.56 Å². The van der Waals surface area contributed by atoms with Crippen molar-refractivity contribution in [3.8, 4) is 5.69 Å². The predicted molar refractivity (Wildman–Crippen MR) is 99.5 cm³/mol. The Bertz CT molecular complexity index is 902. The molecule has 0 aliphatic heterocycles. The third-order valence-electron chi connectivity index (χ3n) is 4.01. The summed E-state index contributed by atoms with van der Waals surface area (Å²) in [6.45, 7) is 7.96. The molecule has 3 rings (SSSR count). The number of ketones is 1. The molecule has 1 aromatic heterocycles. The summed E-state index contributed by atoms with van der Waals surface area (Å²) in [6.07, 6.45) is 0. The fraction of sp³-hybridized carbons (Fsp3) is 0.263. The van der Waals surface area contributed by atoms with E-state index < -0.39 is 0 Å². The Hall–Kier alpha value is -2.47. The SMILES string of the molecule is Cc1ccc(C(=O)[C@H](C)Sc2nnnn2-c2ccc(C)cc2C)cc1. The topological polar surface area (TPSA) is 60.7 Å². The molecule has 0 unspecified atom stereocenters. The van der Waals surface area contributed by atoms with Gasteiger partial charge < -0.3 is 0 Å². The van der Waals surface area contributed by atoms with Gasteiger partial charge in [0.05, 0.1) is 10.9 Å². The van der Waals surface area contributed by atoms with Crippen LogP contribution in [0.25, 0.3) is 5.69 Å². The molecular weight excluding hydrogens is 332 g/mol. The Morgan fingerprint density at radius 2 is 1.72 bits per heavy atom. The maximum Gasteiger partial charge on any atom is 0.214 e. The first-order chi connectivity index (χ1) is 12.0. The quantitative estimate of drug-likeness (QED) is 0.514. The molecule has 0 radical (unpaired) electrons. The Morgan fingerprint density at radius 1 is 1.04 bits per heavy atom. The van der Waals surface area contributed by atoms with E-state index in [0.29, 0.717) is 10.7 Å². The summed E-state index contributed by atoms with van der Waals surface area (Å²) in [5.41, 5.74) is 5.04. The van der Waals surface area contributed by atoms with Gasteiger partial charge in [-0.15, -0.1) is 5.10 Å². The molecule has 5 nitrogen and oxygen atoms in total. The largest absolute Gasteiger partial charge is 0.293 e. The van der Waals surface area contributed by atoms with Crippen LogP contribution < -0.4 is 0 Å². The molecule has 0 fully saturated rings. The molecule has 2 aromatic carbocycles. The number of aromatic nitrogens is 4. The van der Waals surface area contributed by atoms with Crippen molar-refractivity contribution in [2.45, 2.75) is 38.1 Å². The highest BCUT2D eigenvalue weighted by molar-refractivity contribution is 8.00. The van der Waals surface area contributed by atoms with E-state index >= 15 is 0 Å². The maximum absolute atomic E-state index is 12.6. The summed E-state index contributed by atoms with van der Waals surface area (Å²) in [4.78, 5) is 12.6. The van der Waals surface area contributed by atoms with Crippen LogP contribution in [0.1, 0.15) is 34.0 Å². The van der Waals surface area contributed by atoms with E-state index in [1.54, 1.807) is 4.68 Å². The third-order valence-corrected chi connectivity index (χ3v) is 5.04. The molecule has 0 bridgehead atoms. The zero-order valence-electron chi connectivity index (χ0n) is 14.7. The number of aryl methyl sites for hydroxylation is 3. The van der Waals surface area contributed by atoms with Crippen LogP contribution in [0.2, 0.25) is 0 Å². The van der Waals surface area contributed by atoms with E-state index in [2.05, 4.69) is 21.6 Å². The summed E-state index contributed by atoms with van der Waals surface area (Å²) in [5, 5.41) is 12.3. The maximum atomic E-state index is 12.6. The Kier molecular flexibility index (Phi) is 4.99. The van der Waals surface area contributed by atoms with Gasteiger partial charge in [-0.05, 0) is 49.8 Å². The van der Waals surface area contributed by atoms with Gasteiger partial charge in [0.15, 0.2) is 5.78 Å². The van der Waals surface area contributed by atoms with Crippen LogP contribution in [0, 0.1) is 20.8 Å². The van der Waals surface area contributed by atoms with E-state index in [1.165, 1.54) is 17.3 Å². The minimum Gasteiger partial charge on any atom is -0.293 e. The summed E-state index contributed by atoms with van der Waals surface area (Å²) in [6, 6.07) is 13.7. The van der Waals surface area contributed by atoms with Crippen LogP contribution in [-0.4, -0.2) is 31.2 Å². The molecule has 0 N–H and O–H groups in total. The van der Waals surface area contributed by atoms with E-state index in [-0.39, 0.29) is 11.0 Å². The van der Waals surface area contributed by atoms with Crippen LogP contribution in [0.5, 0.6) is 0 Å². The standard InChI is InChI=1S/C19H20N4OS/c1-12-5-8-16(9-6-12)18(24)15(4)25-19-20-21-22-23(19)17-10-7-13(2)11-14(17)3/h5-11,15H,1-4H3/t15-/m0/s1. The second-order valence-electron chi connectivity index (χ2n) is 6.15. The molecule has 6 heteroatoms. The number of rotatable bonds is 5. The van der Waals surface area contributed by atoms with Crippen LogP contribution >= 0.6 is 11.8 Å². The van der Waals surface area contributed by atoms with Crippen molar-refractivity contribution in [2.24, 2.45) is 0 Å². The Balaban J connectivity index is 1.83. The van der Waals surface area contributed by atoms with Crippen molar-refractivity contribution in [2.75, 3.05) is 0 Å². The predicted octanol–water partition coefficient (Wildman–Crippen LogP) is 3.95. The first-order valence-corrected chi connectivity index (χ1v) is 8.97. The second-order valence-corrected chi connectivity index (χ2v) is 7.46. The van der Waals surface area contributed by atoms with Gasteiger partial charge in [-0.25, -0.2) is 0 Å². The smallest absolute Gasteiger partial charge is 0.214 e. The minimum atomic E-state index is -0.279. The zero-order valence-corrected chi connectivity index (χ0v) is 15.5. The molecule has 1 atom stereocenters. The number of nitrogens with zero attached hydrogens (tertiary/aromatic N) is 4. The molecule has 0 amide bonds. The highest BCUT2D eigenvalue weighted by atomic mass is 32.2. The monoisotopic (exact) mass is 352 g/mol. The lowest BCUT2D eigenvalue weighted by molar-refractivity contribution is 0.0994. The average molecular weight is 352 g/mol. The first-order valence-electron chi connectivity index (χ1n) is 8.09.